The average molecular weight is 469 g/mol. The molecule has 2 aromatic carbocycles. The van der Waals surface area contributed by atoms with Gasteiger partial charge in [0.25, 0.3) is 0 Å². The zero-order valence-corrected chi connectivity index (χ0v) is 20.7. The molecule has 2 aromatic rings. The van der Waals surface area contributed by atoms with Crippen molar-refractivity contribution in [3.05, 3.63) is 59.2 Å². The highest BCUT2D eigenvalue weighted by Gasteiger charge is 2.26. The molecule has 2 aliphatic rings. The monoisotopic (exact) mass is 468 g/mol. The predicted octanol–water partition coefficient (Wildman–Crippen LogP) is 5.30. The van der Waals surface area contributed by atoms with Gasteiger partial charge in [-0.2, -0.15) is 0 Å². The number of piperidine rings is 1. The first-order chi connectivity index (χ1) is 15.9. The Labute approximate surface area is 198 Å². The van der Waals surface area contributed by atoms with Gasteiger partial charge in [0.05, 0.1) is 10.6 Å². The number of rotatable bonds is 8. The van der Waals surface area contributed by atoms with Gasteiger partial charge in [-0.05, 0) is 99.0 Å². The van der Waals surface area contributed by atoms with Crippen molar-refractivity contribution >= 4 is 21.4 Å². The molecule has 1 saturated carbocycles. The van der Waals surface area contributed by atoms with Crippen LogP contribution in [0, 0.1) is 12.8 Å². The number of aryl methyl sites for hydroxylation is 1. The Morgan fingerprint density at radius 1 is 1.03 bits per heavy atom. The van der Waals surface area contributed by atoms with Crippen LogP contribution in [0.15, 0.2) is 47.4 Å². The van der Waals surface area contributed by atoms with Crippen LogP contribution in [0.1, 0.15) is 68.1 Å². The van der Waals surface area contributed by atoms with Crippen molar-refractivity contribution in [3.8, 4) is 0 Å². The molecular weight excluding hydrogens is 432 g/mol. The minimum Gasteiger partial charge on any atom is -0.326 e. The lowest BCUT2D eigenvalue weighted by Crippen LogP contribution is -2.32. The van der Waals surface area contributed by atoms with E-state index in [0.29, 0.717) is 17.2 Å². The molecule has 1 amide bonds. The third-order valence-corrected chi connectivity index (χ3v) is 9.15. The summed E-state index contributed by atoms with van der Waals surface area (Å²) in [5.74, 6) is 1.06. The number of anilines is 1. The highest BCUT2D eigenvalue weighted by Crippen LogP contribution is 2.33. The van der Waals surface area contributed by atoms with Crippen LogP contribution in [0.5, 0.6) is 0 Å². The van der Waals surface area contributed by atoms with Gasteiger partial charge in [0, 0.05) is 18.2 Å². The molecule has 1 aliphatic carbocycles. The van der Waals surface area contributed by atoms with E-state index in [1.807, 2.05) is 25.1 Å². The molecule has 0 radical (unpaired) electrons. The lowest BCUT2D eigenvalue weighted by atomic mass is 9.84. The molecule has 1 heterocycles. The van der Waals surface area contributed by atoms with Crippen LogP contribution >= 0.6 is 0 Å². The van der Waals surface area contributed by atoms with Crippen molar-refractivity contribution in [3.63, 3.8) is 0 Å². The van der Waals surface area contributed by atoms with Crippen LogP contribution in [0.4, 0.5) is 5.69 Å². The Morgan fingerprint density at radius 3 is 2.33 bits per heavy atom. The molecule has 1 aliphatic heterocycles. The fourth-order valence-electron chi connectivity index (χ4n) is 4.92. The second-order valence-corrected chi connectivity index (χ2v) is 11.8. The molecule has 2 fully saturated rings. The Hall–Kier alpha value is -2.18. The van der Waals surface area contributed by atoms with Crippen molar-refractivity contribution in [1.82, 2.24) is 4.90 Å². The third-order valence-electron chi connectivity index (χ3n) is 7.21. The lowest BCUT2D eigenvalue weighted by molar-refractivity contribution is -0.122. The smallest absolute Gasteiger partial charge is 0.227 e. The molecule has 4 rings (SSSR count). The van der Waals surface area contributed by atoms with E-state index in [0.717, 1.165) is 63.0 Å². The molecule has 0 spiro atoms. The van der Waals surface area contributed by atoms with Gasteiger partial charge in [0.1, 0.15) is 0 Å². The maximum atomic E-state index is 12.3. The summed E-state index contributed by atoms with van der Waals surface area (Å²) in [5.41, 5.74) is 4.72. The molecule has 6 heteroatoms. The normalized spacial score (nSPS) is 18.1. The van der Waals surface area contributed by atoms with Crippen molar-refractivity contribution in [2.24, 2.45) is 5.92 Å². The summed E-state index contributed by atoms with van der Waals surface area (Å²) in [5, 5.41) is 3.12. The molecule has 0 bridgehead atoms. The quantitative estimate of drug-likeness (QED) is 0.571. The summed E-state index contributed by atoms with van der Waals surface area (Å²) in [4.78, 5) is 15.2. The molecule has 33 heavy (non-hydrogen) atoms. The van der Waals surface area contributed by atoms with Crippen LogP contribution < -0.4 is 5.32 Å². The van der Waals surface area contributed by atoms with E-state index in [1.165, 1.54) is 11.1 Å². The van der Waals surface area contributed by atoms with Crippen LogP contribution in [-0.4, -0.2) is 38.1 Å². The number of hydrogen-bond acceptors (Lipinski definition) is 4. The molecule has 178 valence electrons. The van der Waals surface area contributed by atoms with E-state index in [1.54, 1.807) is 12.1 Å². The number of nitrogens with one attached hydrogen (secondary N) is 1. The van der Waals surface area contributed by atoms with Crippen molar-refractivity contribution in [1.29, 1.82) is 0 Å². The number of sulfone groups is 1. The first-order valence-corrected chi connectivity index (χ1v) is 14.0. The zero-order chi connectivity index (χ0) is 23.4. The number of likely N-dealkylation sites (tertiary alicyclic amines) is 1. The average Bonchev–Trinajstić information content (AvgIpc) is 2.75. The number of amides is 1. The minimum atomic E-state index is -3.16. The van der Waals surface area contributed by atoms with Gasteiger partial charge < -0.3 is 5.32 Å². The van der Waals surface area contributed by atoms with Crippen molar-refractivity contribution in [2.45, 2.75) is 69.7 Å². The summed E-state index contributed by atoms with van der Waals surface area (Å²) in [6.45, 7) is 6.92. The van der Waals surface area contributed by atoms with Gasteiger partial charge in [-0.3, -0.25) is 9.69 Å². The number of carbonyl (C=O) groups is 1. The highest BCUT2D eigenvalue weighted by molar-refractivity contribution is 7.91. The van der Waals surface area contributed by atoms with Gasteiger partial charge in [-0.25, -0.2) is 8.42 Å². The summed E-state index contributed by atoms with van der Waals surface area (Å²) in [7, 11) is -3.16. The maximum absolute atomic E-state index is 12.3. The zero-order valence-electron chi connectivity index (χ0n) is 19.8. The topological polar surface area (TPSA) is 66.5 Å². The number of hydrogen-bond donors (Lipinski definition) is 1. The summed E-state index contributed by atoms with van der Waals surface area (Å²) < 4.78 is 24.5. The Morgan fingerprint density at radius 2 is 1.73 bits per heavy atom. The summed E-state index contributed by atoms with van der Waals surface area (Å²) in [6, 6.07) is 13.7. The van der Waals surface area contributed by atoms with Gasteiger partial charge in [-0.15, -0.1) is 0 Å². The second-order valence-electron chi connectivity index (χ2n) is 9.70. The Kier molecular flexibility index (Phi) is 7.55. The van der Waals surface area contributed by atoms with Gasteiger partial charge >= 0.3 is 0 Å². The standard InChI is InChI=1S/C27H36N2O3S/c1-3-17-33(31,32)25-11-8-21(9-12-25)19-29-15-13-22(14-16-29)26-18-24(10-7-20(26)2)28-27(30)23-5-4-6-23/h7-12,18,22-23H,3-6,13-17,19H2,1-2H3,(H,28,30). The Bertz CT molecular complexity index is 1070. The number of benzene rings is 2. The number of nitrogens with zero attached hydrogens (tertiary/aromatic N) is 1. The molecule has 0 atom stereocenters. The first-order valence-electron chi connectivity index (χ1n) is 12.3. The van der Waals surface area contributed by atoms with Crippen molar-refractivity contribution in [2.75, 3.05) is 24.2 Å². The number of carbonyl (C=O) groups excluding carboxylic acids is 1. The predicted molar refractivity (Wildman–Crippen MR) is 133 cm³/mol. The van der Waals surface area contributed by atoms with Crippen molar-refractivity contribution < 1.29 is 13.2 Å². The largest absolute Gasteiger partial charge is 0.326 e. The van der Waals surface area contributed by atoms with E-state index in [4.69, 9.17) is 0 Å². The van der Waals surface area contributed by atoms with Gasteiger partial charge in [0.15, 0.2) is 9.84 Å². The van der Waals surface area contributed by atoms with E-state index in [2.05, 4.69) is 29.3 Å². The van der Waals surface area contributed by atoms with Crippen LogP contribution in [-0.2, 0) is 21.2 Å². The first kappa shape index (κ1) is 24.0. The fraction of sp³-hybridized carbons (Fsp3) is 0.519. The molecule has 5 nitrogen and oxygen atoms in total. The van der Waals surface area contributed by atoms with Crippen LogP contribution in [0.3, 0.4) is 0 Å². The lowest BCUT2D eigenvalue weighted by Gasteiger charge is -2.33. The van der Waals surface area contributed by atoms with Gasteiger partial charge in [-0.1, -0.05) is 31.5 Å². The van der Waals surface area contributed by atoms with E-state index >= 15 is 0 Å². The molecule has 1 N–H and O–H groups in total. The van der Waals surface area contributed by atoms with Gasteiger partial charge in [0.2, 0.25) is 5.91 Å². The fourth-order valence-corrected chi connectivity index (χ4v) is 6.25. The van der Waals surface area contributed by atoms with E-state index in [9.17, 15) is 13.2 Å². The maximum Gasteiger partial charge on any atom is 0.227 e. The van der Waals surface area contributed by atoms with E-state index in [-0.39, 0.29) is 17.6 Å². The third kappa shape index (κ3) is 5.85. The molecule has 1 saturated heterocycles. The van der Waals surface area contributed by atoms with Crippen LogP contribution in [0.2, 0.25) is 0 Å². The molecule has 0 unspecified atom stereocenters. The highest BCUT2D eigenvalue weighted by atomic mass is 32.2. The van der Waals surface area contributed by atoms with Crippen LogP contribution in [0.25, 0.3) is 0 Å². The SMILES string of the molecule is CCCS(=O)(=O)c1ccc(CN2CCC(c3cc(NC(=O)C4CCC4)ccc3C)CC2)cc1. The molecule has 0 aromatic heterocycles. The summed E-state index contributed by atoms with van der Waals surface area (Å²) in [6.07, 6.45) is 6.00. The van der Waals surface area contributed by atoms with E-state index < -0.39 is 9.84 Å². The summed E-state index contributed by atoms with van der Waals surface area (Å²) >= 11 is 0. The molecular formula is C27H36N2O3S. The minimum absolute atomic E-state index is 0.166. The second kappa shape index (κ2) is 10.4. The Balaban J connectivity index is 1.33.